The average molecular weight is 294 g/mol. The van der Waals surface area contributed by atoms with Gasteiger partial charge in [-0.15, -0.1) is 0 Å². The van der Waals surface area contributed by atoms with Gasteiger partial charge in [0.05, 0.1) is 17.8 Å². The van der Waals surface area contributed by atoms with Gasteiger partial charge in [-0.05, 0) is 24.3 Å². The van der Waals surface area contributed by atoms with Crippen LogP contribution in [0.4, 0.5) is 11.4 Å². The zero-order valence-electron chi connectivity index (χ0n) is 10.2. The molecule has 1 aromatic carbocycles. The molecule has 0 radical (unpaired) electrons. The molecule has 0 atom stereocenters. The van der Waals surface area contributed by atoms with Crippen molar-refractivity contribution in [1.82, 2.24) is 4.98 Å². The van der Waals surface area contributed by atoms with Gasteiger partial charge < -0.3 is 15.8 Å². The Bertz CT molecular complexity index is 619. The minimum absolute atomic E-state index is 0.261. The largest absolute Gasteiger partial charge is 0.495 e. The van der Waals surface area contributed by atoms with E-state index in [0.717, 1.165) is 11.4 Å². The van der Waals surface area contributed by atoms with Crippen LogP contribution >= 0.6 is 23.8 Å². The molecular weight excluding hydrogens is 282 g/mol. The van der Waals surface area contributed by atoms with E-state index in [4.69, 9.17) is 34.3 Å². The van der Waals surface area contributed by atoms with E-state index in [1.54, 1.807) is 25.4 Å². The topological polar surface area (TPSA) is 60.2 Å². The molecule has 0 fully saturated rings. The van der Waals surface area contributed by atoms with Crippen molar-refractivity contribution in [1.29, 1.82) is 0 Å². The first-order chi connectivity index (χ1) is 9.10. The number of nitrogens with two attached hydrogens (primary N) is 1. The first kappa shape index (κ1) is 13.6. The van der Waals surface area contributed by atoms with E-state index >= 15 is 0 Å². The predicted molar refractivity (Wildman–Crippen MR) is 81.4 cm³/mol. The van der Waals surface area contributed by atoms with Crippen molar-refractivity contribution in [2.24, 2.45) is 5.73 Å². The fourth-order valence-electron chi connectivity index (χ4n) is 1.55. The second kappa shape index (κ2) is 5.86. The van der Waals surface area contributed by atoms with Crippen molar-refractivity contribution in [2.45, 2.75) is 0 Å². The average Bonchev–Trinajstić information content (AvgIpc) is 2.41. The van der Waals surface area contributed by atoms with Crippen molar-refractivity contribution in [3.8, 4) is 5.75 Å². The monoisotopic (exact) mass is 293 g/mol. The number of anilines is 2. The van der Waals surface area contributed by atoms with E-state index in [-0.39, 0.29) is 4.99 Å². The minimum Gasteiger partial charge on any atom is -0.495 e. The summed E-state index contributed by atoms with van der Waals surface area (Å²) in [6.45, 7) is 0. The second-order valence-corrected chi connectivity index (χ2v) is 4.62. The van der Waals surface area contributed by atoms with Crippen LogP contribution in [0.5, 0.6) is 5.75 Å². The van der Waals surface area contributed by atoms with Gasteiger partial charge in [0.25, 0.3) is 0 Å². The summed E-state index contributed by atoms with van der Waals surface area (Å²) in [5.74, 6) is 0.607. The molecule has 1 aromatic heterocycles. The van der Waals surface area contributed by atoms with E-state index in [1.807, 2.05) is 18.2 Å². The maximum Gasteiger partial charge on any atom is 0.139 e. The van der Waals surface area contributed by atoms with Crippen molar-refractivity contribution in [3.05, 3.63) is 47.2 Å². The lowest BCUT2D eigenvalue weighted by Gasteiger charge is -2.10. The van der Waals surface area contributed by atoms with Crippen molar-refractivity contribution in [2.75, 3.05) is 12.4 Å². The van der Waals surface area contributed by atoms with Crippen LogP contribution in [0, 0.1) is 0 Å². The molecule has 2 rings (SSSR count). The van der Waals surface area contributed by atoms with Crippen LogP contribution in [0.25, 0.3) is 0 Å². The predicted octanol–water partition coefficient (Wildman–Crippen LogP) is 3.12. The molecule has 0 bridgehead atoms. The van der Waals surface area contributed by atoms with Crippen LogP contribution in [0.3, 0.4) is 0 Å². The highest BCUT2D eigenvalue weighted by Crippen LogP contribution is 2.28. The standard InChI is InChI=1S/C13H12ClN3OS/c1-18-12-7-8(2-3-10(12)14)17-9-4-5-16-11(6-9)13(15)19/h2-7H,1H3,(H2,15,19)(H,16,17). The number of rotatable bonds is 4. The minimum atomic E-state index is 0.261. The van der Waals surface area contributed by atoms with Crippen LogP contribution in [0.1, 0.15) is 5.69 Å². The number of pyridine rings is 1. The first-order valence-electron chi connectivity index (χ1n) is 5.46. The Morgan fingerprint density at radius 3 is 2.74 bits per heavy atom. The van der Waals surface area contributed by atoms with E-state index in [1.165, 1.54) is 0 Å². The Kier molecular flexibility index (Phi) is 4.19. The summed E-state index contributed by atoms with van der Waals surface area (Å²) in [5, 5.41) is 3.77. The highest BCUT2D eigenvalue weighted by molar-refractivity contribution is 7.80. The van der Waals surface area contributed by atoms with Crippen molar-refractivity contribution >= 4 is 40.2 Å². The first-order valence-corrected chi connectivity index (χ1v) is 6.25. The van der Waals surface area contributed by atoms with Crippen LogP contribution in [0.2, 0.25) is 5.02 Å². The number of hydrogen-bond acceptors (Lipinski definition) is 4. The molecule has 0 spiro atoms. The summed E-state index contributed by atoms with van der Waals surface area (Å²) in [6, 6.07) is 9.03. The molecule has 19 heavy (non-hydrogen) atoms. The molecule has 1 heterocycles. The lowest BCUT2D eigenvalue weighted by molar-refractivity contribution is 0.415. The number of ether oxygens (including phenoxy) is 1. The number of halogens is 1. The highest BCUT2D eigenvalue weighted by Gasteiger charge is 2.04. The molecule has 98 valence electrons. The summed E-state index contributed by atoms with van der Waals surface area (Å²) in [5.41, 5.74) is 7.80. The smallest absolute Gasteiger partial charge is 0.139 e. The summed E-state index contributed by atoms with van der Waals surface area (Å²) in [4.78, 5) is 4.34. The number of nitrogens with zero attached hydrogens (tertiary/aromatic N) is 1. The number of thiocarbonyl (C=S) groups is 1. The Labute approximate surface area is 121 Å². The molecule has 0 saturated carbocycles. The van der Waals surface area contributed by atoms with E-state index < -0.39 is 0 Å². The Morgan fingerprint density at radius 2 is 2.05 bits per heavy atom. The molecule has 0 amide bonds. The summed E-state index contributed by atoms with van der Waals surface area (Å²) < 4.78 is 5.16. The lowest BCUT2D eigenvalue weighted by atomic mass is 10.2. The molecule has 0 aliphatic carbocycles. The summed E-state index contributed by atoms with van der Waals surface area (Å²) in [7, 11) is 1.57. The van der Waals surface area contributed by atoms with Gasteiger partial charge in [0.15, 0.2) is 0 Å². The summed E-state index contributed by atoms with van der Waals surface area (Å²) >= 11 is 10.9. The van der Waals surface area contributed by atoms with Gasteiger partial charge in [-0.3, -0.25) is 4.98 Å². The van der Waals surface area contributed by atoms with Crippen LogP contribution in [-0.4, -0.2) is 17.1 Å². The van der Waals surface area contributed by atoms with Gasteiger partial charge in [-0.25, -0.2) is 0 Å². The van der Waals surface area contributed by atoms with Crippen molar-refractivity contribution in [3.63, 3.8) is 0 Å². The molecule has 0 saturated heterocycles. The molecule has 0 aliphatic rings. The van der Waals surface area contributed by atoms with Gasteiger partial charge in [-0.2, -0.15) is 0 Å². The normalized spacial score (nSPS) is 10.0. The Morgan fingerprint density at radius 1 is 1.32 bits per heavy atom. The fraction of sp³-hybridized carbons (Fsp3) is 0.0769. The van der Waals surface area contributed by atoms with Gasteiger partial charge in [-0.1, -0.05) is 23.8 Å². The van der Waals surface area contributed by atoms with Gasteiger partial charge in [0.2, 0.25) is 0 Å². The third kappa shape index (κ3) is 3.33. The molecule has 0 aliphatic heterocycles. The third-order valence-corrected chi connectivity index (χ3v) is 2.97. The third-order valence-electron chi connectivity index (χ3n) is 2.45. The molecule has 6 heteroatoms. The molecule has 0 unspecified atom stereocenters. The maximum absolute atomic E-state index is 5.97. The highest BCUT2D eigenvalue weighted by atomic mass is 35.5. The van der Waals surface area contributed by atoms with E-state index in [2.05, 4.69) is 10.3 Å². The van der Waals surface area contributed by atoms with Crippen LogP contribution < -0.4 is 15.8 Å². The zero-order valence-corrected chi connectivity index (χ0v) is 11.8. The Balaban J connectivity index is 2.26. The van der Waals surface area contributed by atoms with E-state index in [9.17, 15) is 0 Å². The SMILES string of the molecule is COc1cc(Nc2ccnc(C(N)=S)c2)ccc1Cl. The molecule has 2 aromatic rings. The molecule has 3 N–H and O–H groups in total. The van der Waals surface area contributed by atoms with Gasteiger partial charge in [0.1, 0.15) is 10.7 Å². The molecular formula is C13H12ClN3OS. The number of aromatic nitrogens is 1. The maximum atomic E-state index is 5.97. The zero-order chi connectivity index (χ0) is 13.8. The van der Waals surface area contributed by atoms with Crippen molar-refractivity contribution < 1.29 is 4.74 Å². The van der Waals surface area contributed by atoms with Crippen LogP contribution in [-0.2, 0) is 0 Å². The molecule has 4 nitrogen and oxygen atoms in total. The van der Waals surface area contributed by atoms with Crippen LogP contribution in [0.15, 0.2) is 36.5 Å². The number of methoxy groups -OCH3 is 1. The van der Waals surface area contributed by atoms with Gasteiger partial charge in [0, 0.05) is 23.6 Å². The lowest BCUT2D eigenvalue weighted by Crippen LogP contribution is -2.11. The van der Waals surface area contributed by atoms with Gasteiger partial charge >= 0.3 is 0 Å². The number of hydrogen-bond donors (Lipinski definition) is 2. The fourth-order valence-corrected chi connectivity index (χ4v) is 1.85. The number of benzene rings is 1. The second-order valence-electron chi connectivity index (χ2n) is 3.77. The quantitative estimate of drug-likeness (QED) is 0.848. The number of nitrogens with one attached hydrogen (secondary N) is 1. The Hall–Kier alpha value is -1.85. The summed E-state index contributed by atoms with van der Waals surface area (Å²) in [6.07, 6.45) is 1.64. The van der Waals surface area contributed by atoms with E-state index in [0.29, 0.717) is 16.5 Å².